The number of nitrogens with one attached hydrogen (secondary N) is 1. The van der Waals surface area contributed by atoms with Crippen LogP contribution in [0, 0.1) is 6.92 Å². The summed E-state index contributed by atoms with van der Waals surface area (Å²) in [4.78, 5) is 4.51. The number of nitrogens with two attached hydrogens (primary N) is 1. The molecule has 7 heteroatoms. The van der Waals surface area contributed by atoms with Crippen LogP contribution >= 0.6 is 22.9 Å². The number of anilines is 2. The van der Waals surface area contributed by atoms with E-state index < -0.39 is 0 Å². The maximum Gasteiger partial charge on any atom is 0.149 e. The first kappa shape index (κ1) is 13.8. The Kier molecular flexibility index (Phi) is 3.91. The van der Waals surface area contributed by atoms with Crippen molar-refractivity contribution >= 4 is 33.7 Å². The molecular weight excluding hydrogens is 292 g/mol. The minimum absolute atomic E-state index is 0.247. The van der Waals surface area contributed by atoms with Crippen LogP contribution < -0.4 is 11.1 Å². The molecule has 0 radical (unpaired) electrons. The van der Waals surface area contributed by atoms with Crippen LogP contribution in [-0.2, 0) is 4.74 Å². The summed E-state index contributed by atoms with van der Waals surface area (Å²) in [6.45, 7) is 4.99. The Labute approximate surface area is 126 Å². The van der Waals surface area contributed by atoms with Gasteiger partial charge in [0.25, 0.3) is 0 Å². The quantitative estimate of drug-likeness (QED) is 0.907. The van der Waals surface area contributed by atoms with Crippen molar-refractivity contribution in [3.63, 3.8) is 0 Å². The first-order chi connectivity index (χ1) is 9.65. The number of thiazole rings is 1. The lowest BCUT2D eigenvalue weighted by Gasteiger charge is -2.20. The van der Waals surface area contributed by atoms with Gasteiger partial charge in [0.1, 0.15) is 15.8 Å². The first-order valence-electron chi connectivity index (χ1n) is 6.71. The van der Waals surface area contributed by atoms with Crippen LogP contribution in [0.5, 0.6) is 0 Å². The first-order valence-corrected chi connectivity index (χ1v) is 8.36. The van der Waals surface area contributed by atoms with E-state index in [4.69, 9.17) is 10.5 Å². The Balaban J connectivity index is 1.83. The average molecular weight is 310 g/mol. The van der Waals surface area contributed by atoms with Gasteiger partial charge >= 0.3 is 0 Å². The van der Waals surface area contributed by atoms with E-state index in [0.29, 0.717) is 5.82 Å². The standard InChI is InChI=1S/C13H18N4OS2/c1-7-6-19-12(15-7)10-11(14)17-20-13(10)16-8(2)9-4-3-5-18-9/h6,8-9,16H,3-5H2,1-2H3,(H2,14,17). The Morgan fingerprint density at radius 1 is 1.55 bits per heavy atom. The van der Waals surface area contributed by atoms with Crippen LogP contribution in [0.2, 0.25) is 0 Å². The molecule has 1 aliphatic heterocycles. The summed E-state index contributed by atoms with van der Waals surface area (Å²) in [5.41, 5.74) is 7.94. The molecule has 20 heavy (non-hydrogen) atoms. The van der Waals surface area contributed by atoms with Crippen LogP contribution in [0.1, 0.15) is 25.5 Å². The third kappa shape index (κ3) is 2.65. The molecular formula is C13H18N4OS2. The highest BCUT2D eigenvalue weighted by atomic mass is 32.1. The van der Waals surface area contributed by atoms with Gasteiger partial charge in [0.15, 0.2) is 0 Å². The largest absolute Gasteiger partial charge is 0.382 e. The molecule has 3 rings (SSSR count). The molecule has 2 atom stereocenters. The van der Waals surface area contributed by atoms with Gasteiger partial charge in [-0.2, -0.15) is 4.37 Å². The van der Waals surface area contributed by atoms with Crippen LogP contribution in [0.15, 0.2) is 5.38 Å². The van der Waals surface area contributed by atoms with E-state index in [2.05, 4.69) is 21.6 Å². The number of aryl methyl sites for hydroxylation is 1. The number of nitrogens with zero attached hydrogens (tertiary/aromatic N) is 2. The number of hydrogen-bond donors (Lipinski definition) is 2. The Bertz CT molecular complexity index is 589. The van der Waals surface area contributed by atoms with Crippen molar-refractivity contribution < 1.29 is 4.74 Å². The second-order valence-electron chi connectivity index (χ2n) is 5.05. The monoisotopic (exact) mass is 310 g/mol. The smallest absolute Gasteiger partial charge is 0.149 e. The molecule has 2 aromatic rings. The Hall–Kier alpha value is -1.18. The molecule has 0 aliphatic carbocycles. The fraction of sp³-hybridized carbons (Fsp3) is 0.538. The highest BCUT2D eigenvalue weighted by molar-refractivity contribution is 7.15. The van der Waals surface area contributed by atoms with Crippen molar-refractivity contribution in [2.45, 2.75) is 38.8 Å². The van der Waals surface area contributed by atoms with Gasteiger partial charge in [-0.05, 0) is 38.2 Å². The molecule has 0 aromatic carbocycles. The minimum atomic E-state index is 0.247. The summed E-state index contributed by atoms with van der Waals surface area (Å²) in [5.74, 6) is 0.548. The SMILES string of the molecule is Cc1csc(-c2c(N)nsc2NC(C)C2CCCO2)n1. The van der Waals surface area contributed by atoms with Crippen molar-refractivity contribution in [3.8, 4) is 10.6 Å². The molecule has 2 aromatic heterocycles. The number of nitrogen functional groups attached to an aromatic ring is 1. The average Bonchev–Trinajstić information content (AvgIpc) is 3.11. The van der Waals surface area contributed by atoms with Crippen molar-refractivity contribution in [2.24, 2.45) is 0 Å². The van der Waals surface area contributed by atoms with Gasteiger partial charge in [0, 0.05) is 17.7 Å². The molecule has 1 aliphatic rings. The van der Waals surface area contributed by atoms with Crippen molar-refractivity contribution in [1.29, 1.82) is 0 Å². The van der Waals surface area contributed by atoms with E-state index in [1.54, 1.807) is 11.3 Å². The number of ether oxygens (including phenoxy) is 1. The molecule has 3 N–H and O–H groups in total. The molecule has 0 spiro atoms. The number of aromatic nitrogens is 2. The van der Waals surface area contributed by atoms with Crippen LogP contribution in [0.3, 0.4) is 0 Å². The molecule has 0 saturated carbocycles. The summed E-state index contributed by atoms with van der Waals surface area (Å²) in [7, 11) is 0. The lowest BCUT2D eigenvalue weighted by Crippen LogP contribution is -2.29. The van der Waals surface area contributed by atoms with E-state index >= 15 is 0 Å². The summed E-state index contributed by atoms with van der Waals surface area (Å²) in [5, 5.41) is 7.44. The fourth-order valence-electron chi connectivity index (χ4n) is 2.37. The molecule has 5 nitrogen and oxygen atoms in total. The lowest BCUT2D eigenvalue weighted by atomic mass is 10.1. The van der Waals surface area contributed by atoms with Crippen molar-refractivity contribution in [3.05, 3.63) is 11.1 Å². The van der Waals surface area contributed by atoms with E-state index in [0.717, 1.165) is 40.7 Å². The normalized spacial score (nSPS) is 20.2. The van der Waals surface area contributed by atoms with Crippen LogP contribution in [0.4, 0.5) is 10.8 Å². The zero-order valence-electron chi connectivity index (χ0n) is 11.5. The van der Waals surface area contributed by atoms with Gasteiger partial charge in [-0.1, -0.05) is 0 Å². The minimum Gasteiger partial charge on any atom is -0.382 e. The lowest BCUT2D eigenvalue weighted by molar-refractivity contribution is 0.0997. The van der Waals surface area contributed by atoms with Gasteiger partial charge in [-0.3, -0.25) is 0 Å². The maximum atomic E-state index is 6.01. The highest BCUT2D eigenvalue weighted by Crippen LogP contribution is 2.39. The third-order valence-corrected chi connectivity index (χ3v) is 5.20. The Morgan fingerprint density at radius 2 is 2.40 bits per heavy atom. The van der Waals surface area contributed by atoms with Gasteiger partial charge < -0.3 is 15.8 Å². The van der Waals surface area contributed by atoms with Gasteiger partial charge in [0.05, 0.1) is 17.7 Å². The molecule has 0 amide bonds. The van der Waals surface area contributed by atoms with Gasteiger partial charge in [-0.15, -0.1) is 11.3 Å². The highest BCUT2D eigenvalue weighted by Gasteiger charge is 2.25. The fourth-order valence-corrected chi connectivity index (χ4v) is 4.11. The second-order valence-corrected chi connectivity index (χ2v) is 6.68. The number of rotatable bonds is 4. The van der Waals surface area contributed by atoms with E-state index in [-0.39, 0.29) is 12.1 Å². The van der Waals surface area contributed by atoms with E-state index in [9.17, 15) is 0 Å². The molecule has 2 unspecified atom stereocenters. The predicted octanol–water partition coefficient (Wildman–Crippen LogP) is 3.14. The molecule has 0 bridgehead atoms. The van der Waals surface area contributed by atoms with E-state index in [1.165, 1.54) is 11.5 Å². The Morgan fingerprint density at radius 3 is 3.05 bits per heavy atom. The number of hydrogen-bond acceptors (Lipinski definition) is 7. The second kappa shape index (κ2) is 5.67. The topological polar surface area (TPSA) is 73.1 Å². The molecule has 3 heterocycles. The van der Waals surface area contributed by atoms with Crippen molar-refractivity contribution in [1.82, 2.24) is 9.36 Å². The van der Waals surface area contributed by atoms with Crippen molar-refractivity contribution in [2.75, 3.05) is 17.7 Å². The zero-order valence-corrected chi connectivity index (χ0v) is 13.2. The maximum absolute atomic E-state index is 6.01. The van der Waals surface area contributed by atoms with Gasteiger partial charge in [0.2, 0.25) is 0 Å². The third-order valence-electron chi connectivity index (χ3n) is 3.43. The van der Waals surface area contributed by atoms with Crippen LogP contribution in [-0.4, -0.2) is 28.1 Å². The zero-order chi connectivity index (χ0) is 14.1. The predicted molar refractivity (Wildman–Crippen MR) is 84.4 cm³/mol. The summed E-state index contributed by atoms with van der Waals surface area (Å²) in [6.07, 6.45) is 2.51. The summed E-state index contributed by atoms with van der Waals surface area (Å²) < 4.78 is 9.99. The summed E-state index contributed by atoms with van der Waals surface area (Å²) >= 11 is 2.99. The molecule has 1 fully saturated rings. The van der Waals surface area contributed by atoms with Crippen LogP contribution in [0.25, 0.3) is 10.6 Å². The van der Waals surface area contributed by atoms with Gasteiger partial charge in [-0.25, -0.2) is 4.98 Å². The summed E-state index contributed by atoms with van der Waals surface area (Å²) in [6, 6.07) is 0.247. The molecule has 108 valence electrons. The molecule has 1 saturated heterocycles. The van der Waals surface area contributed by atoms with E-state index in [1.807, 2.05) is 12.3 Å².